The maximum atomic E-state index is 12.9. The number of sulfonamides is 1. The van der Waals surface area contributed by atoms with E-state index in [9.17, 15) is 13.7 Å². The quantitative estimate of drug-likeness (QED) is 0.494. The number of halogens is 1. The second-order valence-electron chi connectivity index (χ2n) is 6.40. The minimum absolute atomic E-state index is 0.113. The van der Waals surface area contributed by atoms with Crippen LogP contribution >= 0.6 is 11.6 Å². The number of hydrogen-bond donors (Lipinski definition) is 1. The first-order valence-electron chi connectivity index (χ1n) is 8.91. The molecule has 0 atom stereocenters. The molecule has 0 spiro atoms. The normalized spacial score (nSPS) is 11.1. The highest BCUT2D eigenvalue weighted by Crippen LogP contribution is 2.29. The number of nitrogens with one attached hydrogen (secondary N) is 1. The SMILES string of the molecule is N#Cc1ccccc1-c1cc(-c2ccc(Cl)cc2)n(NS(=O)(=O)c2ccccc2)n1. The first-order chi connectivity index (χ1) is 14.5. The van der Waals surface area contributed by atoms with Crippen LogP contribution < -0.4 is 4.83 Å². The molecule has 0 aliphatic rings. The Kier molecular flexibility index (Phi) is 5.27. The molecular formula is C22H15ClN4O2S. The highest BCUT2D eigenvalue weighted by molar-refractivity contribution is 7.92. The Morgan fingerprint density at radius 2 is 1.60 bits per heavy atom. The van der Waals surface area contributed by atoms with Crippen LogP contribution in [0.1, 0.15) is 5.56 Å². The molecule has 0 radical (unpaired) electrons. The van der Waals surface area contributed by atoms with Crippen molar-refractivity contribution in [1.29, 1.82) is 5.26 Å². The van der Waals surface area contributed by atoms with Crippen LogP contribution in [0.5, 0.6) is 0 Å². The average molecular weight is 435 g/mol. The van der Waals surface area contributed by atoms with Crippen molar-refractivity contribution >= 4 is 21.6 Å². The molecule has 1 aromatic heterocycles. The van der Waals surface area contributed by atoms with E-state index in [1.54, 1.807) is 72.8 Å². The highest BCUT2D eigenvalue weighted by atomic mass is 35.5. The fraction of sp³-hybridized carbons (Fsp3) is 0. The number of aromatic nitrogens is 2. The highest BCUT2D eigenvalue weighted by Gasteiger charge is 2.19. The number of nitriles is 1. The molecule has 0 amide bonds. The predicted octanol–water partition coefficient (Wildman–Crippen LogP) is 4.67. The molecule has 148 valence electrons. The van der Waals surface area contributed by atoms with Gasteiger partial charge >= 0.3 is 0 Å². The molecule has 3 aromatic carbocycles. The molecule has 0 saturated heterocycles. The summed E-state index contributed by atoms with van der Waals surface area (Å²) >= 11 is 6.00. The van der Waals surface area contributed by atoms with Crippen LogP contribution in [0.25, 0.3) is 22.5 Å². The molecule has 1 heterocycles. The van der Waals surface area contributed by atoms with Gasteiger partial charge in [-0.3, -0.25) is 0 Å². The standard InChI is InChI=1S/C22H15ClN4O2S/c23-18-12-10-16(11-13-18)22-14-21(20-9-5-4-6-17(20)15-24)25-27(22)26-30(28,29)19-7-2-1-3-8-19/h1-14,26H. The number of hydrogen-bond acceptors (Lipinski definition) is 4. The van der Waals surface area contributed by atoms with E-state index in [4.69, 9.17) is 11.6 Å². The summed E-state index contributed by atoms with van der Waals surface area (Å²) in [5.74, 6) is 0. The molecule has 30 heavy (non-hydrogen) atoms. The fourth-order valence-electron chi connectivity index (χ4n) is 2.98. The predicted molar refractivity (Wildman–Crippen MR) is 116 cm³/mol. The maximum absolute atomic E-state index is 12.9. The summed E-state index contributed by atoms with van der Waals surface area (Å²) < 4.78 is 25.7. The topological polar surface area (TPSA) is 87.8 Å². The van der Waals surface area contributed by atoms with Gasteiger partial charge in [-0.1, -0.05) is 60.1 Å². The Balaban J connectivity index is 1.85. The van der Waals surface area contributed by atoms with Crippen LogP contribution in [-0.2, 0) is 10.0 Å². The first-order valence-corrected chi connectivity index (χ1v) is 10.8. The molecule has 1 N–H and O–H groups in total. The van der Waals surface area contributed by atoms with Crippen molar-refractivity contribution in [2.45, 2.75) is 4.90 Å². The van der Waals surface area contributed by atoms with E-state index in [2.05, 4.69) is 16.0 Å². The molecule has 0 fully saturated rings. The molecule has 0 bridgehead atoms. The van der Waals surface area contributed by atoms with Crippen molar-refractivity contribution < 1.29 is 8.42 Å². The van der Waals surface area contributed by atoms with Crippen molar-refractivity contribution in [2.75, 3.05) is 4.83 Å². The Morgan fingerprint density at radius 1 is 0.933 bits per heavy atom. The third-order valence-electron chi connectivity index (χ3n) is 4.43. The maximum Gasteiger partial charge on any atom is 0.276 e. The van der Waals surface area contributed by atoms with Gasteiger partial charge in [0, 0.05) is 16.1 Å². The largest absolute Gasteiger partial charge is 0.276 e. The van der Waals surface area contributed by atoms with Crippen LogP contribution in [0.15, 0.2) is 89.8 Å². The first kappa shape index (κ1) is 19.7. The summed E-state index contributed by atoms with van der Waals surface area (Å²) in [6, 6.07) is 25.9. The number of nitrogens with zero attached hydrogens (tertiary/aromatic N) is 3. The average Bonchev–Trinajstić information content (AvgIpc) is 3.17. The van der Waals surface area contributed by atoms with Gasteiger partial charge in [-0.2, -0.15) is 28.4 Å². The molecule has 0 aliphatic heterocycles. The summed E-state index contributed by atoms with van der Waals surface area (Å²) in [5, 5.41) is 14.4. The third-order valence-corrected chi connectivity index (χ3v) is 5.99. The molecule has 0 unspecified atom stereocenters. The molecule has 4 rings (SSSR count). The van der Waals surface area contributed by atoms with Crippen molar-refractivity contribution in [3.63, 3.8) is 0 Å². The van der Waals surface area contributed by atoms with E-state index in [0.29, 0.717) is 33.1 Å². The van der Waals surface area contributed by atoms with Crippen LogP contribution in [-0.4, -0.2) is 18.3 Å². The van der Waals surface area contributed by atoms with E-state index in [1.165, 1.54) is 16.9 Å². The summed E-state index contributed by atoms with van der Waals surface area (Å²) in [7, 11) is -3.88. The van der Waals surface area contributed by atoms with Crippen LogP contribution in [0.3, 0.4) is 0 Å². The summed E-state index contributed by atoms with van der Waals surface area (Å²) in [6.07, 6.45) is 0. The van der Waals surface area contributed by atoms with E-state index in [-0.39, 0.29) is 4.90 Å². The van der Waals surface area contributed by atoms with Crippen molar-refractivity contribution in [2.24, 2.45) is 0 Å². The van der Waals surface area contributed by atoms with Gasteiger partial charge in [0.2, 0.25) is 0 Å². The van der Waals surface area contributed by atoms with Gasteiger partial charge in [-0.15, -0.1) is 0 Å². The van der Waals surface area contributed by atoms with Crippen molar-refractivity contribution in [1.82, 2.24) is 9.89 Å². The summed E-state index contributed by atoms with van der Waals surface area (Å²) in [6.45, 7) is 0. The lowest BCUT2D eigenvalue weighted by atomic mass is 10.0. The molecular weight excluding hydrogens is 420 g/mol. The number of rotatable bonds is 5. The zero-order valence-corrected chi connectivity index (χ0v) is 17.1. The van der Waals surface area contributed by atoms with E-state index < -0.39 is 10.0 Å². The third kappa shape index (κ3) is 3.92. The molecule has 0 aliphatic carbocycles. The Hall–Kier alpha value is -3.60. The van der Waals surface area contributed by atoms with Crippen LogP contribution in [0, 0.1) is 11.3 Å². The second kappa shape index (κ2) is 8.03. The monoisotopic (exact) mass is 434 g/mol. The number of benzene rings is 3. The Morgan fingerprint density at radius 3 is 2.30 bits per heavy atom. The zero-order valence-electron chi connectivity index (χ0n) is 15.5. The van der Waals surface area contributed by atoms with Crippen molar-refractivity contribution in [3.05, 3.63) is 95.5 Å². The van der Waals surface area contributed by atoms with Crippen LogP contribution in [0.2, 0.25) is 5.02 Å². The lowest BCUT2D eigenvalue weighted by Crippen LogP contribution is -2.25. The lowest BCUT2D eigenvalue weighted by molar-refractivity contribution is 0.592. The van der Waals surface area contributed by atoms with Gasteiger partial charge in [-0.05, 0) is 36.4 Å². The minimum atomic E-state index is -3.88. The minimum Gasteiger partial charge on any atom is -0.200 e. The summed E-state index contributed by atoms with van der Waals surface area (Å²) in [4.78, 5) is 3.82. The lowest BCUT2D eigenvalue weighted by Gasteiger charge is -2.11. The van der Waals surface area contributed by atoms with Gasteiger partial charge in [0.05, 0.1) is 27.9 Å². The molecule has 8 heteroatoms. The van der Waals surface area contributed by atoms with E-state index >= 15 is 0 Å². The van der Waals surface area contributed by atoms with Crippen molar-refractivity contribution in [3.8, 4) is 28.6 Å². The van der Waals surface area contributed by atoms with E-state index in [1.807, 2.05) is 0 Å². The second-order valence-corrected chi connectivity index (χ2v) is 8.50. The van der Waals surface area contributed by atoms with Gasteiger partial charge < -0.3 is 0 Å². The Bertz CT molecular complexity index is 1340. The molecule has 4 aromatic rings. The van der Waals surface area contributed by atoms with Gasteiger partial charge in [0.1, 0.15) is 0 Å². The van der Waals surface area contributed by atoms with E-state index in [0.717, 1.165) is 0 Å². The Labute approximate surface area is 179 Å². The zero-order chi connectivity index (χ0) is 21.1. The molecule has 6 nitrogen and oxygen atoms in total. The fourth-order valence-corrected chi connectivity index (χ4v) is 4.09. The van der Waals surface area contributed by atoms with Gasteiger partial charge in [0.25, 0.3) is 10.0 Å². The van der Waals surface area contributed by atoms with Gasteiger partial charge in [-0.25, -0.2) is 0 Å². The smallest absolute Gasteiger partial charge is 0.200 e. The molecule has 0 saturated carbocycles. The van der Waals surface area contributed by atoms with Gasteiger partial charge in [0.15, 0.2) is 0 Å². The van der Waals surface area contributed by atoms with Crippen LogP contribution in [0.4, 0.5) is 0 Å². The summed E-state index contributed by atoms with van der Waals surface area (Å²) in [5.41, 5.74) is 2.73.